The molecular weight excluding hydrogens is 474 g/mol. The summed E-state index contributed by atoms with van der Waals surface area (Å²) in [4.78, 5) is 17.2. The number of aromatic nitrogens is 1. The molecule has 0 aliphatic rings. The molecule has 3 aromatic carbocycles. The predicted molar refractivity (Wildman–Crippen MR) is 137 cm³/mol. The lowest BCUT2D eigenvalue weighted by molar-refractivity contribution is 0.0974. The molecule has 9 heteroatoms. The number of aryl methyl sites for hydroxylation is 2. The van der Waals surface area contributed by atoms with E-state index in [4.69, 9.17) is 33.0 Å². The topological polar surface area (TPSA) is 96.6 Å². The van der Waals surface area contributed by atoms with E-state index in [0.717, 1.165) is 12.0 Å². The van der Waals surface area contributed by atoms with Crippen molar-refractivity contribution >= 4 is 51.6 Å². The summed E-state index contributed by atoms with van der Waals surface area (Å²) in [6, 6.07) is 13.9. The Kier molecular flexibility index (Phi) is 6.72. The molecule has 4 aromatic rings. The van der Waals surface area contributed by atoms with Crippen LogP contribution in [0.2, 0.25) is 5.02 Å². The van der Waals surface area contributed by atoms with E-state index >= 15 is 0 Å². The Morgan fingerprint density at radius 2 is 2.00 bits per heavy atom. The third kappa shape index (κ3) is 4.83. The number of oxazole rings is 1. The molecule has 0 aliphatic carbocycles. The molecule has 0 bridgehead atoms. The molecule has 0 saturated carbocycles. The molecule has 1 aromatic heterocycles. The summed E-state index contributed by atoms with van der Waals surface area (Å²) in [6.45, 7) is 3.82. The van der Waals surface area contributed by atoms with Gasteiger partial charge in [-0.05, 0) is 79.2 Å². The first kappa shape index (κ1) is 23.5. The van der Waals surface area contributed by atoms with E-state index in [1.165, 1.54) is 13.2 Å². The van der Waals surface area contributed by atoms with Gasteiger partial charge in [0, 0.05) is 10.7 Å². The molecular formula is C25H22ClN3O4S. The maximum atomic E-state index is 12.7. The molecule has 3 N–H and O–H groups in total. The number of benzene rings is 3. The van der Waals surface area contributed by atoms with Crippen LogP contribution in [0.4, 0.5) is 5.69 Å². The van der Waals surface area contributed by atoms with E-state index in [1.54, 1.807) is 31.2 Å². The Bertz CT molecular complexity index is 1420. The van der Waals surface area contributed by atoms with Gasteiger partial charge in [0.25, 0.3) is 5.91 Å². The predicted octanol–water partition coefficient (Wildman–Crippen LogP) is 5.86. The number of phenols is 1. The van der Waals surface area contributed by atoms with E-state index in [1.807, 2.05) is 18.2 Å². The number of aromatic hydroxyl groups is 1. The number of nitrogens with zero attached hydrogens (tertiary/aromatic N) is 1. The highest BCUT2D eigenvalue weighted by molar-refractivity contribution is 7.80. The van der Waals surface area contributed by atoms with E-state index in [9.17, 15) is 9.90 Å². The first-order valence-electron chi connectivity index (χ1n) is 10.5. The summed E-state index contributed by atoms with van der Waals surface area (Å²) >= 11 is 11.3. The number of anilines is 1. The first-order chi connectivity index (χ1) is 16.3. The minimum absolute atomic E-state index is 0.0476. The Morgan fingerprint density at radius 1 is 1.21 bits per heavy atom. The zero-order valence-corrected chi connectivity index (χ0v) is 20.3. The number of thiocarbonyl (C=S) groups is 1. The highest BCUT2D eigenvalue weighted by Gasteiger charge is 2.18. The fourth-order valence-electron chi connectivity index (χ4n) is 3.51. The van der Waals surface area contributed by atoms with Crippen molar-refractivity contribution in [1.29, 1.82) is 0 Å². The Morgan fingerprint density at radius 3 is 2.74 bits per heavy atom. The fraction of sp³-hybridized carbons (Fsp3) is 0.160. The molecule has 0 spiro atoms. The lowest BCUT2D eigenvalue weighted by Crippen LogP contribution is -2.34. The zero-order valence-electron chi connectivity index (χ0n) is 18.7. The van der Waals surface area contributed by atoms with Crippen molar-refractivity contribution in [3.63, 3.8) is 0 Å². The van der Waals surface area contributed by atoms with Gasteiger partial charge in [-0.3, -0.25) is 10.1 Å². The normalized spacial score (nSPS) is 10.8. The molecule has 1 heterocycles. The minimum atomic E-state index is -0.474. The van der Waals surface area contributed by atoms with Gasteiger partial charge in [0.15, 0.2) is 10.7 Å². The number of fused-ring (bicyclic) bond motifs is 1. The van der Waals surface area contributed by atoms with Crippen LogP contribution in [0, 0.1) is 6.92 Å². The summed E-state index contributed by atoms with van der Waals surface area (Å²) in [5.74, 6) is 0.227. The van der Waals surface area contributed by atoms with Crippen molar-refractivity contribution in [3.8, 4) is 23.0 Å². The second-order valence-corrected chi connectivity index (χ2v) is 8.46. The number of carbonyl (C=O) groups excluding carboxylic acids is 1. The second kappa shape index (κ2) is 9.70. The van der Waals surface area contributed by atoms with Gasteiger partial charge in [-0.2, -0.15) is 0 Å². The van der Waals surface area contributed by atoms with E-state index in [0.29, 0.717) is 38.7 Å². The average molecular weight is 496 g/mol. The number of amides is 1. The quantitative estimate of drug-likeness (QED) is 0.235. The van der Waals surface area contributed by atoms with Gasteiger partial charge in [0.05, 0.1) is 18.2 Å². The van der Waals surface area contributed by atoms with Gasteiger partial charge < -0.3 is 19.6 Å². The molecule has 7 nitrogen and oxygen atoms in total. The van der Waals surface area contributed by atoms with Crippen molar-refractivity contribution in [2.45, 2.75) is 20.3 Å². The van der Waals surface area contributed by atoms with Gasteiger partial charge in [-0.25, -0.2) is 4.98 Å². The monoisotopic (exact) mass is 495 g/mol. The number of carbonyl (C=O) groups is 1. The maximum Gasteiger partial charge on any atom is 0.261 e. The second-order valence-electron chi connectivity index (χ2n) is 7.62. The Hall–Kier alpha value is -3.62. The molecule has 1 amide bonds. The van der Waals surface area contributed by atoms with E-state index < -0.39 is 5.91 Å². The standard InChI is InChI=1S/C25H22ClN3O4S/c1-4-14-5-7-21-19(10-14)28-24(33-21)18-12-16(9-13(2)22(18)30)27-25(34)29-23(31)17-11-15(26)6-8-20(17)32-3/h5-12,30H,4H2,1-3H3,(H2,27,29,31,34). The number of nitrogens with one attached hydrogen (secondary N) is 2. The van der Waals surface area contributed by atoms with Crippen LogP contribution in [0.1, 0.15) is 28.4 Å². The molecule has 0 fully saturated rings. The average Bonchev–Trinajstić information content (AvgIpc) is 3.24. The maximum absolute atomic E-state index is 12.7. The molecule has 34 heavy (non-hydrogen) atoms. The SMILES string of the molecule is CCc1ccc2oc(-c3cc(NC(=S)NC(=O)c4cc(Cl)ccc4OC)cc(C)c3O)nc2c1. The van der Waals surface area contributed by atoms with Crippen molar-refractivity contribution in [3.05, 3.63) is 70.2 Å². The summed E-state index contributed by atoms with van der Waals surface area (Å²) in [5, 5.41) is 16.7. The molecule has 4 rings (SSSR count). The molecule has 0 radical (unpaired) electrons. The minimum Gasteiger partial charge on any atom is -0.507 e. The number of rotatable bonds is 5. The van der Waals surface area contributed by atoms with Gasteiger partial charge >= 0.3 is 0 Å². The first-order valence-corrected chi connectivity index (χ1v) is 11.3. The van der Waals surface area contributed by atoms with Gasteiger partial charge in [0.1, 0.15) is 17.0 Å². The summed E-state index contributed by atoms with van der Waals surface area (Å²) < 4.78 is 11.1. The van der Waals surface area contributed by atoms with Crippen LogP contribution in [0.3, 0.4) is 0 Å². The summed E-state index contributed by atoms with van der Waals surface area (Å²) in [7, 11) is 1.46. The van der Waals surface area contributed by atoms with Crippen LogP contribution in [0.5, 0.6) is 11.5 Å². The lowest BCUT2D eigenvalue weighted by Gasteiger charge is -2.14. The molecule has 174 valence electrons. The highest BCUT2D eigenvalue weighted by atomic mass is 35.5. The number of hydrogen-bond donors (Lipinski definition) is 3. The van der Waals surface area contributed by atoms with Crippen LogP contribution >= 0.6 is 23.8 Å². The number of hydrogen-bond acceptors (Lipinski definition) is 6. The number of phenolic OH excluding ortho intramolecular Hbond substituents is 1. The van der Waals surface area contributed by atoms with Crippen LogP contribution in [0.15, 0.2) is 52.9 Å². The van der Waals surface area contributed by atoms with E-state index in [-0.39, 0.29) is 22.3 Å². The van der Waals surface area contributed by atoms with Crippen molar-refractivity contribution < 1.29 is 19.1 Å². The Balaban J connectivity index is 1.58. The zero-order chi connectivity index (χ0) is 24.4. The third-order valence-electron chi connectivity index (χ3n) is 5.28. The summed E-state index contributed by atoms with van der Waals surface area (Å²) in [6.07, 6.45) is 0.881. The highest BCUT2D eigenvalue weighted by Crippen LogP contribution is 2.36. The van der Waals surface area contributed by atoms with Gasteiger partial charge in [0.2, 0.25) is 5.89 Å². The van der Waals surface area contributed by atoms with Gasteiger partial charge in [-0.15, -0.1) is 0 Å². The number of ether oxygens (including phenoxy) is 1. The van der Waals surface area contributed by atoms with Crippen LogP contribution in [0.25, 0.3) is 22.6 Å². The lowest BCUT2D eigenvalue weighted by atomic mass is 10.1. The van der Waals surface area contributed by atoms with Crippen LogP contribution in [-0.2, 0) is 6.42 Å². The Labute approximate surface area is 206 Å². The molecule has 0 unspecified atom stereocenters. The van der Waals surface area contributed by atoms with Gasteiger partial charge in [-0.1, -0.05) is 24.6 Å². The van der Waals surface area contributed by atoms with Crippen molar-refractivity contribution in [2.75, 3.05) is 12.4 Å². The van der Waals surface area contributed by atoms with Crippen LogP contribution < -0.4 is 15.4 Å². The third-order valence-corrected chi connectivity index (χ3v) is 5.72. The summed E-state index contributed by atoms with van der Waals surface area (Å²) in [5.41, 5.74) is 4.26. The van der Waals surface area contributed by atoms with E-state index in [2.05, 4.69) is 22.5 Å². The van der Waals surface area contributed by atoms with Crippen molar-refractivity contribution in [1.82, 2.24) is 10.3 Å². The number of methoxy groups -OCH3 is 1. The van der Waals surface area contributed by atoms with Crippen LogP contribution in [-0.4, -0.2) is 28.2 Å². The molecule has 0 aliphatic heterocycles. The molecule has 0 saturated heterocycles. The largest absolute Gasteiger partial charge is 0.507 e. The molecule has 0 atom stereocenters. The fourth-order valence-corrected chi connectivity index (χ4v) is 3.90. The van der Waals surface area contributed by atoms with Crippen molar-refractivity contribution in [2.24, 2.45) is 0 Å². The smallest absolute Gasteiger partial charge is 0.261 e. The number of halogens is 1.